The van der Waals surface area contributed by atoms with Crippen molar-refractivity contribution in [1.29, 1.82) is 0 Å². The number of ether oxygens (including phenoxy) is 1. The molecule has 3 rings (SSSR count). The highest BCUT2D eigenvalue weighted by Gasteiger charge is 2.19. The molecule has 0 radical (unpaired) electrons. The third kappa shape index (κ3) is 5.51. The molecule has 1 fully saturated rings. The van der Waals surface area contributed by atoms with E-state index in [2.05, 4.69) is 10.2 Å². The topological polar surface area (TPSA) is 41.6 Å². The highest BCUT2D eigenvalue weighted by atomic mass is 19.1. The van der Waals surface area contributed by atoms with E-state index in [4.69, 9.17) is 4.74 Å². The predicted molar refractivity (Wildman–Crippen MR) is 100 cm³/mol. The summed E-state index contributed by atoms with van der Waals surface area (Å²) in [7, 11) is 0. The first-order chi connectivity index (χ1) is 12.7. The lowest BCUT2D eigenvalue weighted by Gasteiger charge is -2.31. The molecule has 0 bridgehead atoms. The zero-order chi connectivity index (χ0) is 18.2. The molecule has 1 amide bonds. The molecule has 2 aromatic carbocycles. The fourth-order valence-corrected chi connectivity index (χ4v) is 2.93. The maximum absolute atomic E-state index is 13.0. The third-order valence-electron chi connectivity index (χ3n) is 4.36. The second kappa shape index (κ2) is 9.27. The Labute approximate surface area is 153 Å². The first-order valence-corrected chi connectivity index (χ1v) is 8.80. The first-order valence-electron chi connectivity index (χ1n) is 8.80. The number of nitrogens with zero attached hydrogens (tertiary/aromatic N) is 1. The van der Waals surface area contributed by atoms with Crippen molar-refractivity contribution in [2.45, 2.75) is 6.04 Å². The molecule has 4 nitrogen and oxygen atoms in total. The Hall–Kier alpha value is -2.50. The van der Waals surface area contributed by atoms with Crippen molar-refractivity contribution in [3.8, 4) is 0 Å². The van der Waals surface area contributed by atoms with Crippen molar-refractivity contribution < 1.29 is 13.9 Å². The van der Waals surface area contributed by atoms with Crippen LogP contribution in [0, 0.1) is 5.82 Å². The minimum Gasteiger partial charge on any atom is -0.379 e. The molecule has 0 saturated carbocycles. The summed E-state index contributed by atoms with van der Waals surface area (Å²) in [6.45, 7) is 3.92. The summed E-state index contributed by atoms with van der Waals surface area (Å²) in [6, 6.07) is 15.9. The normalized spacial score (nSPS) is 16.5. The van der Waals surface area contributed by atoms with Gasteiger partial charge in [0.1, 0.15) is 5.82 Å². The fraction of sp³-hybridized carbons (Fsp3) is 0.286. The number of hydrogen-bond acceptors (Lipinski definition) is 3. The summed E-state index contributed by atoms with van der Waals surface area (Å²) < 4.78 is 18.3. The second-order valence-electron chi connectivity index (χ2n) is 6.27. The van der Waals surface area contributed by atoms with Gasteiger partial charge in [-0.2, -0.15) is 0 Å². The molecule has 2 aromatic rings. The number of amides is 1. The van der Waals surface area contributed by atoms with Gasteiger partial charge in [0.25, 0.3) is 0 Å². The van der Waals surface area contributed by atoms with Gasteiger partial charge in [0.05, 0.1) is 19.3 Å². The van der Waals surface area contributed by atoms with Crippen LogP contribution < -0.4 is 5.32 Å². The molecule has 5 heteroatoms. The van der Waals surface area contributed by atoms with Gasteiger partial charge in [-0.1, -0.05) is 42.5 Å². The van der Waals surface area contributed by atoms with E-state index in [1.165, 1.54) is 18.2 Å². The average molecular weight is 354 g/mol. The summed E-state index contributed by atoms with van der Waals surface area (Å²) in [5.74, 6) is -0.460. The highest BCUT2D eigenvalue weighted by Crippen LogP contribution is 2.15. The molecule has 0 aliphatic carbocycles. The zero-order valence-corrected chi connectivity index (χ0v) is 14.6. The van der Waals surface area contributed by atoms with Crippen molar-refractivity contribution in [2.24, 2.45) is 0 Å². The molecule has 1 unspecified atom stereocenters. The van der Waals surface area contributed by atoms with Crippen LogP contribution in [-0.4, -0.2) is 43.7 Å². The lowest BCUT2D eigenvalue weighted by Crippen LogP contribution is -2.42. The largest absolute Gasteiger partial charge is 0.379 e. The number of morpholine rings is 1. The van der Waals surface area contributed by atoms with Gasteiger partial charge in [-0.3, -0.25) is 9.69 Å². The van der Waals surface area contributed by atoms with E-state index >= 15 is 0 Å². The lowest BCUT2D eigenvalue weighted by molar-refractivity contribution is -0.117. The molecular formula is C21H23FN2O2. The van der Waals surface area contributed by atoms with Crippen molar-refractivity contribution in [2.75, 3.05) is 32.8 Å². The van der Waals surface area contributed by atoms with Crippen LogP contribution in [0.3, 0.4) is 0 Å². The van der Waals surface area contributed by atoms with E-state index < -0.39 is 0 Å². The summed E-state index contributed by atoms with van der Waals surface area (Å²) in [6.07, 6.45) is 3.17. The number of benzene rings is 2. The van der Waals surface area contributed by atoms with Crippen LogP contribution in [0.5, 0.6) is 0 Å². The van der Waals surface area contributed by atoms with Crippen LogP contribution in [-0.2, 0) is 9.53 Å². The van der Waals surface area contributed by atoms with Crippen molar-refractivity contribution in [1.82, 2.24) is 10.2 Å². The fourth-order valence-electron chi connectivity index (χ4n) is 2.93. The van der Waals surface area contributed by atoms with Gasteiger partial charge in [-0.05, 0) is 29.3 Å². The lowest BCUT2D eigenvalue weighted by atomic mass is 10.1. The molecule has 0 spiro atoms. The van der Waals surface area contributed by atoms with E-state index in [0.717, 1.165) is 44.0 Å². The number of hydrogen-bond donors (Lipinski definition) is 1. The van der Waals surface area contributed by atoms with E-state index in [9.17, 15) is 9.18 Å². The number of halogens is 1. The van der Waals surface area contributed by atoms with Crippen LogP contribution in [0.2, 0.25) is 0 Å². The molecule has 26 heavy (non-hydrogen) atoms. The van der Waals surface area contributed by atoms with Crippen LogP contribution >= 0.6 is 0 Å². The van der Waals surface area contributed by atoms with Crippen LogP contribution in [0.25, 0.3) is 6.08 Å². The Balaban J connectivity index is 1.66. The smallest absolute Gasteiger partial charge is 0.244 e. The Morgan fingerprint density at radius 1 is 1.12 bits per heavy atom. The molecular weight excluding hydrogens is 331 g/mol. The quantitative estimate of drug-likeness (QED) is 0.811. The molecule has 136 valence electrons. The monoisotopic (exact) mass is 354 g/mol. The molecule has 1 saturated heterocycles. The summed E-state index contributed by atoms with van der Waals surface area (Å²) in [5.41, 5.74) is 1.86. The van der Waals surface area contributed by atoms with Crippen molar-refractivity contribution >= 4 is 12.0 Å². The highest BCUT2D eigenvalue weighted by molar-refractivity contribution is 5.92. The average Bonchev–Trinajstić information content (AvgIpc) is 2.68. The van der Waals surface area contributed by atoms with E-state index in [0.29, 0.717) is 0 Å². The molecule has 1 aliphatic heterocycles. The van der Waals surface area contributed by atoms with E-state index in [1.807, 2.05) is 30.3 Å². The zero-order valence-electron chi connectivity index (χ0n) is 14.6. The second-order valence-corrected chi connectivity index (χ2v) is 6.27. The Bertz CT molecular complexity index is 725. The molecule has 1 heterocycles. The van der Waals surface area contributed by atoms with Crippen molar-refractivity contribution in [3.05, 3.63) is 77.6 Å². The SMILES string of the molecule is O=C(/C=C/c1ccc(F)cc1)NC(CN1CCOCC1)c1ccccc1. The standard InChI is InChI=1S/C21H23FN2O2/c22-19-9-6-17(7-10-19)8-11-21(25)23-20(18-4-2-1-3-5-18)16-24-12-14-26-15-13-24/h1-11,20H,12-16H2,(H,23,25)/b11-8+. The minimum atomic E-state index is -0.291. The number of carbonyl (C=O) groups is 1. The third-order valence-corrected chi connectivity index (χ3v) is 4.36. The van der Waals surface area contributed by atoms with E-state index in [-0.39, 0.29) is 17.8 Å². The summed E-state index contributed by atoms with van der Waals surface area (Å²) in [4.78, 5) is 14.7. The van der Waals surface area contributed by atoms with Crippen molar-refractivity contribution in [3.63, 3.8) is 0 Å². The van der Waals surface area contributed by atoms with Gasteiger partial charge >= 0.3 is 0 Å². The minimum absolute atomic E-state index is 0.0975. The van der Waals surface area contributed by atoms with Gasteiger partial charge < -0.3 is 10.1 Å². The van der Waals surface area contributed by atoms with Gasteiger partial charge in [0.2, 0.25) is 5.91 Å². The van der Waals surface area contributed by atoms with Crippen LogP contribution in [0.15, 0.2) is 60.7 Å². The Morgan fingerprint density at radius 3 is 2.50 bits per heavy atom. The van der Waals surface area contributed by atoms with Crippen LogP contribution in [0.1, 0.15) is 17.2 Å². The molecule has 1 atom stereocenters. The Morgan fingerprint density at radius 2 is 1.81 bits per heavy atom. The summed E-state index contributed by atoms with van der Waals surface area (Å²) >= 11 is 0. The number of nitrogens with one attached hydrogen (secondary N) is 1. The molecule has 1 N–H and O–H groups in total. The van der Waals surface area contributed by atoms with Gasteiger partial charge in [0, 0.05) is 25.7 Å². The van der Waals surface area contributed by atoms with Gasteiger partial charge in [-0.25, -0.2) is 4.39 Å². The molecule has 0 aromatic heterocycles. The Kier molecular flexibility index (Phi) is 6.52. The predicted octanol–water partition coefficient (Wildman–Crippen LogP) is 3.03. The summed E-state index contributed by atoms with van der Waals surface area (Å²) in [5, 5.41) is 3.08. The van der Waals surface area contributed by atoms with Crippen LogP contribution in [0.4, 0.5) is 4.39 Å². The molecule has 1 aliphatic rings. The number of rotatable bonds is 6. The number of carbonyl (C=O) groups excluding carboxylic acids is 1. The van der Waals surface area contributed by atoms with Gasteiger partial charge in [0.15, 0.2) is 0 Å². The van der Waals surface area contributed by atoms with E-state index in [1.54, 1.807) is 18.2 Å². The maximum Gasteiger partial charge on any atom is 0.244 e. The van der Waals surface area contributed by atoms with Gasteiger partial charge in [-0.15, -0.1) is 0 Å². The first kappa shape index (κ1) is 18.3. The maximum atomic E-state index is 13.0.